The van der Waals surface area contributed by atoms with Gasteiger partial charge in [-0.25, -0.2) is 4.79 Å². The maximum atomic E-state index is 13.4. The van der Waals surface area contributed by atoms with E-state index in [1.807, 2.05) is 6.92 Å². The number of carbonyl (C=O) groups excluding carboxylic acids is 3. The van der Waals surface area contributed by atoms with Crippen LogP contribution in [-0.2, 0) is 18.7 Å². The number of fused-ring (bicyclic) bond motifs is 6. The Morgan fingerprint density at radius 1 is 1.14 bits per heavy atom. The average Bonchev–Trinajstić information content (AvgIpc) is 3.35. The molecule has 11 heteroatoms. The molecule has 190 valence electrons. The summed E-state index contributed by atoms with van der Waals surface area (Å²) >= 11 is 0. The van der Waals surface area contributed by atoms with Crippen LogP contribution < -0.4 is 19.5 Å². The second-order valence-corrected chi connectivity index (χ2v) is 15.9. The van der Waals surface area contributed by atoms with Crippen molar-refractivity contribution in [3.8, 4) is 17.2 Å². The highest BCUT2D eigenvalue weighted by molar-refractivity contribution is 6.74. The van der Waals surface area contributed by atoms with Gasteiger partial charge in [0.05, 0.1) is 17.7 Å². The third kappa shape index (κ3) is 3.67. The maximum absolute atomic E-state index is 13.4. The third-order valence-corrected chi connectivity index (χ3v) is 12.4. The van der Waals surface area contributed by atoms with Crippen LogP contribution in [0.15, 0.2) is 6.07 Å². The highest BCUT2D eigenvalue weighted by atomic mass is 28.4. The summed E-state index contributed by atoms with van der Waals surface area (Å²) in [5, 5.41) is 2.91. The number of amides is 1. The van der Waals surface area contributed by atoms with Crippen molar-refractivity contribution in [3.05, 3.63) is 17.2 Å². The van der Waals surface area contributed by atoms with Crippen LogP contribution in [0.4, 0.5) is 4.79 Å². The molecule has 35 heavy (non-hydrogen) atoms. The van der Waals surface area contributed by atoms with Gasteiger partial charge in [-0.15, -0.1) is 0 Å². The fraction of sp³-hybridized carbons (Fsp3) is 0.625. The van der Waals surface area contributed by atoms with Gasteiger partial charge in [-0.1, -0.05) is 27.7 Å². The lowest BCUT2D eigenvalue weighted by Crippen LogP contribution is -2.65. The molecule has 3 heterocycles. The first-order valence-electron chi connectivity index (χ1n) is 11.8. The molecular formula is C24H31NO9Si. The Labute approximate surface area is 204 Å². The Morgan fingerprint density at radius 2 is 1.83 bits per heavy atom. The molecule has 0 spiro atoms. The van der Waals surface area contributed by atoms with Crippen LogP contribution in [0, 0.1) is 5.92 Å². The minimum atomic E-state index is -2.28. The normalized spacial score (nSPS) is 30.9. The predicted molar refractivity (Wildman–Crippen MR) is 124 cm³/mol. The SMILES string of the molecule is CC(=O)Oc1c2c(cc3c1C(=O)N[C@H]1[C@@H]4OC(=O)O[C@@H]4[C@@H](O[Si](C)(C)C(C)(C)C)[C@H](C)[C@H]31)OCO2. The summed E-state index contributed by atoms with van der Waals surface area (Å²) in [5.74, 6) is -0.891. The van der Waals surface area contributed by atoms with E-state index in [0.29, 0.717) is 11.3 Å². The molecule has 0 aromatic heterocycles. The van der Waals surface area contributed by atoms with E-state index in [2.05, 4.69) is 39.2 Å². The summed E-state index contributed by atoms with van der Waals surface area (Å²) in [6.45, 7) is 14.0. The second-order valence-electron chi connectivity index (χ2n) is 11.1. The minimum Gasteiger partial charge on any atom is -0.453 e. The van der Waals surface area contributed by atoms with Gasteiger partial charge in [-0.05, 0) is 35.7 Å². The lowest BCUT2D eigenvalue weighted by molar-refractivity contribution is -0.132. The highest BCUT2D eigenvalue weighted by Crippen LogP contribution is 2.54. The second kappa shape index (κ2) is 7.86. The van der Waals surface area contributed by atoms with Gasteiger partial charge in [-0.2, -0.15) is 0 Å². The van der Waals surface area contributed by atoms with Gasteiger partial charge in [0.1, 0.15) is 0 Å². The zero-order valence-electron chi connectivity index (χ0n) is 20.9. The summed E-state index contributed by atoms with van der Waals surface area (Å²) in [6, 6.07) is 1.21. The molecule has 0 bridgehead atoms. The molecule has 2 fully saturated rings. The van der Waals surface area contributed by atoms with Crippen LogP contribution in [0.1, 0.15) is 56.5 Å². The zero-order chi connectivity index (χ0) is 25.4. The molecule has 4 aliphatic rings. The number of hydrogen-bond acceptors (Lipinski definition) is 9. The van der Waals surface area contributed by atoms with Crippen LogP contribution in [0.2, 0.25) is 18.1 Å². The minimum absolute atomic E-state index is 0.0364. The van der Waals surface area contributed by atoms with Gasteiger partial charge in [0.15, 0.2) is 32.0 Å². The molecule has 3 aliphatic heterocycles. The van der Waals surface area contributed by atoms with E-state index in [4.69, 9.17) is 28.1 Å². The van der Waals surface area contributed by atoms with E-state index in [1.54, 1.807) is 6.07 Å². The van der Waals surface area contributed by atoms with Crippen molar-refractivity contribution >= 4 is 26.3 Å². The number of esters is 1. The van der Waals surface area contributed by atoms with Gasteiger partial charge in [0.25, 0.3) is 5.91 Å². The Morgan fingerprint density at radius 3 is 2.49 bits per heavy atom. The smallest absolute Gasteiger partial charge is 0.453 e. The van der Waals surface area contributed by atoms with Crippen LogP contribution in [0.3, 0.4) is 0 Å². The number of ether oxygens (including phenoxy) is 5. The van der Waals surface area contributed by atoms with Crippen LogP contribution in [0.5, 0.6) is 17.2 Å². The largest absolute Gasteiger partial charge is 0.509 e. The Hall–Kier alpha value is -2.79. The molecule has 1 aliphatic carbocycles. The summed E-state index contributed by atoms with van der Waals surface area (Å²) < 4.78 is 34.6. The van der Waals surface area contributed by atoms with E-state index in [9.17, 15) is 14.4 Å². The van der Waals surface area contributed by atoms with Gasteiger partial charge >= 0.3 is 12.1 Å². The van der Waals surface area contributed by atoms with Gasteiger partial charge in [-0.3, -0.25) is 9.59 Å². The molecule has 1 saturated carbocycles. The first-order valence-corrected chi connectivity index (χ1v) is 14.7. The number of rotatable bonds is 3. The zero-order valence-corrected chi connectivity index (χ0v) is 21.9. The average molecular weight is 506 g/mol. The quantitative estimate of drug-likeness (QED) is 0.374. The Bertz CT molecular complexity index is 1110. The summed E-state index contributed by atoms with van der Waals surface area (Å²) in [6.07, 6.45) is -2.61. The van der Waals surface area contributed by atoms with Crippen LogP contribution in [-0.4, -0.2) is 57.5 Å². The van der Waals surface area contributed by atoms with E-state index in [0.717, 1.165) is 0 Å². The summed E-state index contributed by atoms with van der Waals surface area (Å²) in [4.78, 5) is 37.5. The van der Waals surface area contributed by atoms with E-state index >= 15 is 0 Å². The molecule has 1 aromatic carbocycles. The molecule has 1 amide bonds. The van der Waals surface area contributed by atoms with Crippen molar-refractivity contribution < 1.29 is 42.5 Å². The lowest BCUT2D eigenvalue weighted by atomic mass is 9.66. The predicted octanol–water partition coefficient (Wildman–Crippen LogP) is 3.48. The molecule has 1 saturated heterocycles. The molecular weight excluding hydrogens is 474 g/mol. The summed E-state index contributed by atoms with van der Waals surface area (Å²) in [7, 11) is -2.28. The molecule has 0 unspecified atom stereocenters. The molecule has 6 atom stereocenters. The molecule has 1 N–H and O–H groups in total. The van der Waals surface area contributed by atoms with Gasteiger partial charge < -0.3 is 33.4 Å². The Balaban J connectivity index is 1.64. The lowest BCUT2D eigenvalue weighted by Gasteiger charge is -2.51. The fourth-order valence-corrected chi connectivity index (χ4v) is 6.67. The topological polar surface area (TPSA) is 119 Å². The number of nitrogens with one attached hydrogen (secondary N) is 1. The third-order valence-electron chi connectivity index (χ3n) is 7.95. The molecule has 5 rings (SSSR count). The molecule has 10 nitrogen and oxygen atoms in total. The number of hydrogen-bond donors (Lipinski definition) is 1. The van der Waals surface area contributed by atoms with Crippen LogP contribution in [0.25, 0.3) is 0 Å². The van der Waals surface area contributed by atoms with Crippen molar-refractivity contribution in [2.45, 2.75) is 83.0 Å². The molecule has 1 aromatic rings. The van der Waals surface area contributed by atoms with Crippen molar-refractivity contribution in [1.29, 1.82) is 0 Å². The monoisotopic (exact) mass is 505 g/mol. The number of carbonyl (C=O) groups is 3. The van der Waals surface area contributed by atoms with E-state index in [1.165, 1.54) is 6.92 Å². The van der Waals surface area contributed by atoms with Gasteiger partial charge in [0, 0.05) is 12.8 Å². The van der Waals surface area contributed by atoms with E-state index in [-0.39, 0.29) is 40.7 Å². The highest BCUT2D eigenvalue weighted by Gasteiger charge is 2.61. The fourth-order valence-electron chi connectivity index (χ4n) is 5.28. The maximum Gasteiger partial charge on any atom is 0.509 e. The van der Waals surface area contributed by atoms with Crippen molar-refractivity contribution in [1.82, 2.24) is 5.32 Å². The van der Waals surface area contributed by atoms with Crippen molar-refractivity contribution in [2.75, 3.05) is 6.79 Å². The van der Waals surface area contributed by atoms with Crippen LogP contribution >= 0.6 is 0 Å². The van der Waals surface area contributed by atoms with Crippen molar-refractivity contribution in [2.24, 2.45) is 5.92 Å². The molecule has 0 radical (unpaired) electrons. The first kappa shape index (κ1) is 23.9. The standard InChI is InChI=1S/C24H31NO9Si/c1-10-14-12-8-13-18(30-9-29-13)19(31-11(2)26)15(12)22(27)25-16(14)20-21(33-23(28)32-20)17(10)34-35(6,7)24(3,4)5/h8,10,14,16-17,20-21H,9H2,1-7H3,(H,25,27)/t10-,14-,16-,17+,20+,21-/m1/s1. The Kier molecular flexibility index (Phi) is 5.37. The number of benzene rings is 1. The van der Waals surface area contributed by atoms with E-state index < -0.39 is 50.7 Å². The van der Waals surface area contributed by atoms with Crippen molar-refractivity contribution in [3.63, 3.8) is 0 Å². The van der Waals surface area contributed by atoms with Gasteiger partial charge in [0.2, 0.25) is 12.5 Å². The summed E-state index contributed by atoms with van der Waals surface area (Å²) in [5.41, 5.74) is 0.851. The first-order chi connectivity index (χ1) is 16.3.